The highest BCUT2D eigenvalue weighted by molar-refractivity contribution is 6.30. The fraction of sp³-hybridized carbons (Fsp3) is 0.188. The van der Waals surface area contributed by atoms with Crippen LogP contribution in [0.4, 0.5) is 5.69 Å². The molecule has 1 amide bonds. The van der Waals surface area contributed by atoms with Crippen molar-refractivity contribution >= 4 is 23.2 Å². The second-order valence-electron chi connectivity index (χ2n) is 4.48. The van der Waals surface area contributed by atoms with E-state index in [0.717, 1.165) is 17.0 Å². The van der Waals surface area contributed by atoms with Gasteiger partial charge in [0.25, 0.3) is 0 Å². The number of hydrogen-bond acceptors (Lipinski definition) is 3. The molecule has 0 heterocycles. The van der Waals surface area contributed by atoms with Crippen LogP contribution in [-0.4, -0.2) is 12.5 Å². The van der Waals surface area contributed by atoms with E-state index < -0.39 is 5.91 Å². The van der Waals surface area contributed by atoms with Crippen molar-refractivity contribution in [3.05, 3.63) is 58.6 Å². The number of benzene rings is 2. The lowest BCUT2D eigenvalue weighted by Gasteiger charge is -2.12. The maximum absolute atomic E-state index is 11.2. The topological polar surface area (TPSA) is 64.3 Å². The SMILES string of the molecule is CCOc1ccc(Cl)cc1CNc1cccc(C(N)=O)c1. The third kappa shape index (κ3) is 4.13. The minimum atomic E-state index is -0.448. The fourth-order valence-electron chi connectivity index (χ4n) is 1.96. The molecule has 2 rings (SSSR count). The van der Waals surface area contributed by atoms with E-state index in [-0.39, 0.29) is 0 Å². The average Bonchev–Trinajstić information content (AvgIpc) is 2.48. The number of carbonyl (C=O) groups excluding carboxylic acids is 1. The smallest absolute Gasteiger partial charge is 0.248 e. The Morgan fingerprint density at radius 2 is 2.10 bits per heavy atom. The molecule has 21 heavy (non-hydrogen) atoms. The van der Waals surface area contributed by atoms with Crippen LogP contribution >= 0.6 is 11.6 Å². The van der Waals surface area contributed by atoms with E-state index in [2.05, 4.69) is 5.32 Å². The number of primary amides is 1. The Bertz CT molecular complexity index is 644. The van der Waals surface area contributed by atoms with E-state index in [4.69, 9.17) is 22.1 Å². The van der Waals surface area contributed by atoms with E-state index in [1.807, 2.05) is 25.1 Å². The first-order valence-corrected chi connectivity index (χ1v) is 7.03. The lowest BCUT2D eigenvalue weighted by molar-refractivity contribution is 0.100. The van der Waals surface area contributed by atoms with Gasteiger partial charge in [0.15, 0.2) is 0 Å². The van der Waals surface area contributed by atoms with Crippen LogP contribution in [0.15, 0.2) is 42.5 Å². The van der Waals surface area contributed by atoms with Crippen molar-refractivity contribution in [1.29, 1.82) is 0 Å². The van der Waals surface area contributed by atoms with Crippen LogP contribution < -0.4 is 15.8 Å². The van der Waals surface area contributed by atoms with Crippen molar-refractivity contribution in [1.82, 2.24) is 0 Å². The van der Waals surface area contributed by atoms with Gasteiger partial charge in [0.05, 0.1) is 6.61 Å². The number of carbonyl (C=O) groups is 1. The Morgan fingerprint density at radius 1 is 1.29 bits per heavy atom. The highest BCUT2D eigenvalue weighted by Gasteiger charge is 2.06. The molecular weight excluding hydrogens is 288 g/mol. The normalized spacial score (nSPS) is 10.2. The lowest BCUT2D eigenvalue weighted by atomic mass is 10.1. The van der Waals surface area contributed by atoms with Crippen LogP contribution in [0.1, 0.15) is 22.8 Å². The molecule has 0 radical (unpaired) electrons. The monoisotopic (exact) mass is 304 g/mol. The summed E-state index contributed by atoms with van der Waals surface area (Å²) in [6.07, 6.45) is 0. The predicted octanol–water partition coefficient (Wildman–Crippen LogP) is 3.45. The molecule has 0 aliphatic heterocycles. The van der Waals surface area contributed by atoms with E-state index >= 15 is 0 Å². The summed E-state index contributed by atoms with van der Waals surface area (Å²) in [6, 6.07) is 12.6. The molecule has 0 unspecified atom stereocenters. The molecule has 0 bridgehead atoms. The zero-order valence-corrected chi connectivity index (χ0v) is 12.5. The summed E-state index contributed by atoms with van der Waals surface area (Å²) in [6.45, 7) is 3.06. The Morgan fingerprint density at radius 3 is 2.81 bits per heavy atom. The van der Waals surface area contributed by atoms with Crippen LogP contribution in [0.25, 0.3) is 0 Å². The summed E-state index contributed by atoms with van der Waals surface area (Å²) in [7, 11) is 0. The third-order valence-electron chi connectivity index (χ3n) is 2.95. The maximum Gasteiger partial charge on any atom is 0.248 e. The minimum Gasteiger partial charge on any atom is -0.494 e. The van der Waals surface area contributed by atoms with Gasteiger partial charge in [-0.25, -0.2) is 0 Å². The Hall–Kier alpha value is -2.20. The van der Waals surface area contributed by atoms with Gasteiger partial charge in [0.1, 0.15) is 5.75 Å². The molecule has 0 fully saturated rings. The molecule has 2 aromatic carbocycles. The van der Waals surface area contributed by atoms with Gasteiger partial charge >= 0.3 is 0 Å². The van der Waals surface area contributed by atoms with Crippen LogP contribution in [0.3, 0.4) is 0 Å². The lowest BCUT2D eigenvalue weighted by Crippen LogP contribution is -2.11. The van der Waals surface area contributed by atoms with Crippen molar-refractivity contribution in [2.24, 2.45) is 5.73 Å². The molecule has 0 aliphatic rings. The summed E-state index contributed by atoms with van der Waals surface area (Å²) in [5, 5.41) is 3.89. The summed E-state index contributed by atoms with van der Waals surface area (Å²) in [4.78, 5) is 11.2. The molecular formula is C16H17ClN2O2. The second kappa shape index (κ2) is 6.99. The van der Waals surface area contributed by atoms with Gasteiger partial charge in [0.2, 0.25) is 5.91 Å². The summed E-state index contributed by atoms with van der Waals surface area (Å²) >= 11 is 6.02. The van der Waals surface area contributed by atoms with Gasteiger partial charge in [-0.3, -0.25) is 4.79 Å². The van der Waals surface area contributed by atoms with Gasteiger partial charge in [-0.1, -0.05) is 17.7 Å². The van der Waals surface area contributed by atoms with Gasteiger partial charge < -0.3 is 15.8 Å². The largest absolute Gasteiger partial charge is 0.494 e. The van der Waals surface area contributed by atoms with Crippen molar-refractivity contribution in [3.8, 4) is 5.75 Å². The molecule has 0 aliphatic carbocycles. The van der Waals surface area contributed by atoms with Crippen molar-refractivity contribution in [3.63, 3.8) is 0 Å². The first-order chi connectivity index (χ1) is 10.1. The Balaban J connectivity index is 2.14. The third-order valence-corrected chi connectivity index (χ3v) is 3.19. The zero-order chi connectivity index (χ0) is 15.2. The predicted molar refractivity (Wildman–Crippen MR) is 84.9 cm³/mol. The summed E-state index contributed by atoms with van der Waals surface area (Å²) in [5.41, 5.74) is 7.50. The average molecular weight is 305 g/mol. The van der Waals surface area contributed by atoms with E-state index in [1.165, 1.54) is 0 Å². The number of amides is 1. The number of nitrogens with two attached hydrogens (primary N) is 1. The molecule has 110 valence electrons. The quantitative estimate of drug-likeness (QED) is 0.859. The van der Waals surface area contributed by atoms with Gasteiger partial charge in [-0.2, -0.15) is 0 Å². The number of ether oxygens (including phenoxy) is 1. The number of rotatable bonds is 6. The number of nitrogens with one attached hydrogen (secondary N) is 1. The maximum atomic E-state index is 11.2. The van der Waals surface area contributed by atoms with E-state index in [1.54, 1.807) is 24.3 Å². The van der Waals surface area contributed by atoms with Gasteiger partial charge in [-0.15, -0.1) is 0 Å². The van der Waals surface area contributed by atoms with Crippen molar-refractivity contribution in [2.75, 3.05) is 11.9 Å². The first-order valence-electron chi connectivity index (χ1n) is 6.65. The Kier molecular flexibility index (Phi) is 5.06. The van der Waals surface area contributed by atoms with Crippen LogP contribution in [0.2, 0.25) is 5.02 Å². The van der Waals surface area contributed by atoms with Crippen molar-refractivity contribution in [2.45, 2.75) is 13.5 Å². The first kappa shape index (κ1) is 15.2. The number of anilines is 1. The fourth-order valence-corrected chi connectivity index (χ4v) is 2.16. The standard InChI is InChI=1S/C16H17ClN2O2/c1-2-21-15-7-6-13(17)8-12(15)10-19-14-5-3-4-11(9-14)16(18)20/h3-9,19H,2,10H2,1H3,(H2,18,20). The molecule has 0 spiro atoms. The molecule has 0 saturated carbocycles. The van der Waals surface area contributed by atoms with Crippen molar-refractivity contribution < 1.29 is 9.53 Å². The number of halogens is 1. The van der Waals surface area contributed by atoms with Gasteiger partial charge in [0, 0.05) is 28.4 Å². The summed E-state index contributed by atoms with van der Waals surface area (Å²) < 4.78 is 5.57. The van der Waals surface area contributed by atoms with Crippen LogP contribution in [0.5, 0.6) is 5.75 Å². The minimum absolute atomic E-state index is 0.448. The van der Waals surface area contributed by atoms with E-state index in [9.17, 15) is 4.79 Å². The van der Waals surface area contributed by atoms with E-state index in [0.29, 0.717) is 23.7 Å². The highest BCUT2D eigenvalue weighted by atomic mass is 35.5. The number of hydrogen-bond donors (Lipinski definition) is 2. The van der Waals surface area contributed by atoms with Crippen LogP contribution in [0, 0.1) is 0 Å². The molecule has 2 aromatic rings. The van der Waals surface area contributed by atoms with Crippen LogP contribution in [-0.2, 0) is 6.54 Å². The second-order valence-corrected chi connectivity index (χ2v) is 4.92. The highest BCUT2D eigenvalue weighted by Crippen LogP contribution is 2.24. The summed E-state index contributed by atoms with van der Waals surface area (Å²) in [5.74, 6) is 0.344. The molecule has 0 atom stereocenters. The van der Waals surface area contributed by atoms with Gasteiger partial charge in [-0.05, 0) is 43.3 Å². The molecule has 0 aromatic heterocycles. The molecule has 3 N–H and O–H groups in total. The molecule has 4 nitrogen and oxygen atoms in total. The molecule has 5 heteroatoms. The zero-order valence-electron chi connectivity index (χ0n) is 11.7. The Labute approximate surface area is 128 Å². The molecule has 0 saturated heterocycles.